The molecular weight excluding hydrogens is 332 g/mol. The van der Waals surface area contributed by atoms with Crippen LogP contribution in [-0.2, 0) is 6.54 Å². The molecule has 0 fully saturated rings. The summed E-state index contributed by atoms with van der Waals surface area (Å²) in [5.41, 5.74) is 1.92. The Morgan fingerprint density at radius 3 is 3.00 bits per heavy atom. The molecule has 0 atom stereocenters. The number of ether oxygens (including phenoxy) is 1. The summed E-state index contributed by atoms with van der Waals surface area (Å²) < 4.78 is 8.15. The first kappa shape index (κ1) is 13.9. The summed E-state index contributed by atoms with van der Waals surface area (Å²) in [5, 5.41) is 7.61. The Hall–Kier alpha value is -2.08. The van der Waals surface area contributed by atoms with Gasteiger partial charge in [-0.15, -0.1) is 5.10 Å². The van der Waals surface area contributed by atoms with E-state index >= 15 is 0 Å². The molecule has 1 aromatic carbocycles. The van der Waals surface area contributed by atoms with Gasteiger partial charge in [-0.05, 0) is 52.7 Å². The number of pyridine rings is 1. The Labute approximate surface area is 131 Å². The molecule has 0 aliphatic rings. The molecule has 21 heavy (non-hydrogen) atoms. The summed E-state index contributed by atoms with van der Waals surface area (Å²) >= 11 is 3.47. The Balaban J connectivity index is 1.74. The van der Waals surface area contributed by atoms with Gasteiger partial charge in [0, 0.05) is 12.7 Å². The highest BCUT2D eigenvalue weighted by Crippen LogP contribution is 2.18. The van der Waals surface area contributed by atoms with Gasteiger partial charge >= 0.3 is 0 Å². The fourth-order valence-electron chi connectivity index (χ4n) is 2.04. The minimum atomic E-state index is 0.601. The van der Waals surface area contributed by atoms with Gasteiger partial charge in [0.25, 0.3) is 0 Å². The molecule has 0 amide bonds. The maximum atomic E-state index is 5.49. The van der Waals surface area contributed by atoms with E-state index in [1.807, 2.05) is 49.5 Å². The van der Waals surface area contributed by atoms with Crippen molar-refractivity contribution in [1.82, 2.24) is 14.6 Å². The van der Waals surface area contributed by atoms with Gasteiger partial charge in [0.2, 0.25) is 5.95 Å². The molecule has 0 aliphatic heterocycles. The van der Waals surface area contributed by atoms with Crippen LogP contribution in [0.15, 0.2) is 47.1 Å². The van der Waals surface area contributed by atoms with Crippen LogP contribution in [0.5, 0.6) is 5.75 Å². The van der Waals surface area contributed by atoms with E-state index in [-0.39, 0.29) is 0 Å². The van der Waals surface area contributed by atoms with Crippen molar-refractivity contribution in [2.45, 2.75) is 13.5 Å². The number of halogens is 1. The molecule has 2 aromatic heterocycles. The molecule has 0 saturated heterocycles. The average Bonchev–Trinajstić information content (AvgIpc) is 2.91. The third-order valence-electron chi connectivity index (χ3n) is 2.97. The van der Waals surface area contributed by atoms with Crippen LogP contribution < -0.4 is 10.1 Å². The topological polar surface area (TPSA) is 51.5 Å². The second kappa shape index (κ2) is 6.13. The fourth-order valence-corrected chi connectivity index (χ4v) is 2.46. The van der Waals surface area contributed by atoms with Crippen LogP contribution in [0.2, 0.25) is 0 Å². The maximum Gasteiger partial charge on any atom is 0.243 e. The lowest BCUT2D eigenvalue weighted by molar-refractivity contribution is 0.340. The molecule has 5 nitrogen and oxygen atoms in total. The minimum absolute atomic E-state index is 0.601. The molecule has 0 radical (unpaired) electrons. The van der Waals surface area contributed by atoms with Gasteiger partial charge in [-0.1, -0.05) is 12.1 Å². The van der Waals surface area contributed by atoms with Crippen molar-refractivity contribution in [2.75, 3.05) is 11.9 Å². The summed E-state index contributed by atoms with van der Waals surface area (Å²) in [7, 11) is 0. The van der Waals surface area contributed by atoms with Crippen molar-refractivity contribution in [2.24, 2.45) is 0 Å². The van der Waals surface area contributed by atoms with Crippen molar-refractivity contribution in [1.29, 1.82) is 0 Å². The first-order valence-corrected chi connectivity index (χ1v) is 7.52. The van der Waals surface area contributed by atoms with Gasteiger partial charge in [0.15, 0.2) is 5.65 Å². The molecule has 3 aromatic rings. The van der Waals surface area contributed by atoms with Gasteiger partial charge in [-0.25, -0.2) is 4.52 Å². The van der Waals surface area contributed by atoms with Crippen molar-refractivity contribution in [3.8, 4) is 5.75 Å². The van der Waals surface area contributed by atoms with E-state index in [0.717, 1.165) is 21.4 Å². The monoisotopic (exact) mass is 346 g/mol. The molecule has 0 aliphatic carbocycles. The Morgan fingerprint density at radius 1 is 1.29 bits per heavy atom. The standard InChI is InChI=1S/C15H15BrN4O/c1-2-21-12-6-3-5-11(9-12)10-17-15-18-14-13(16)7-4-8-20(14)19-15/h3-9H,2,10H2,1H3,(H,17,19). The second-order valence-electron chi connectivity index (χ2n) is 4.49. The van der Waals surface area contributed by atoms with Crippen LogP contribution in [0.4, 0.5) is 5.95 Å². The third kappa shape index (κ3) is 3.16. The van der Waals surface area contributed by atoms with E-state index in [2.05, 4.69) is 31.3 Å². The van der Waals surface area contributed by atoms with Gasteiger partial charge in [-0.3, -0.25) is 0 Å². The number of fused-ring (bicyclic) bond motifs is 1. The van der Waals surface area contributed by atoms with Gasteiger partial charge in [0.05, 0.1) is 11.1 Å². The summed E-state index contributed by atoms with van der Waals surface area (Å²) in [5.74, 6) is 1.48. The summed E-state index contributed by atoms with van der Waals surface area (Å²) in [6.45, 7) is 3.29. The van der Waals surface area contributed by atoms with E-state index in [1.54, 1.807) is 4.52 Å². The Morgan fingerprint density at radius 2 is 2.19 bits per heavy atom. The molecule has 0 spiro atoms. The van der Waals surface area contributed by atoms with Crippen LogP contribution in [-0.4, -0.2) is 21.2 Å². The lowest BCUT2D eigenvalue weighted by Gasteiger charge is -2.06. The van der Waals surface area contributed by atoms with Gasteiger partial charge < -0.3 is 10.1 Å². The highest BCUT2D eigenvalue weighted by molar-refractivity contribution is 9.10. The van der Waals surface area contributed by atoms with E-state index < -0.39 is 0 Å². The van der Waals surface area contributed by atoms with Crippen molar-refractivity contribution >= 4 is 27.5 Å². The van der Waals surface area contributed by atoms with E-state index in [9.17, 15) is 0 Å². The molecule has 108 valence electrons. The first-order valence-electron chi connectivity index (χ1n) is 6.73. The molecule has 6 heteroatoms. The van der Waals surface area contributed by atoms with Crippen molar-refractivity contribution < 1.29 is 4.74 Å². The number of nitrogens with one attached hydrogen (secondary N) is 1. The number of rotatable bonds is 5. The van der Waals surface area contributed by atoms with Crippen LogP contribution in [0.25, 0.3) is 5.65 Å². The van der Waals surface area contributed by atoms with Gasteiger partial charge in [0.1, 0.15) is 5.75 Å². The summed E-state index contributed by atoms with van der Waals surface area (Å²) in [6.07, 6.45) is 1.87. The number of hydrogen-bond donors (Lipinski definition) is 1. The lowest BCUT2D eigenvalue weighted by atomic mass is 10.2. The first-order chi connectivity index (χ1) is 10.3. The SMILES string of the molecule is CCOc1cccc(CNc2nc3c(Br)cccn3n2)c1. The molecule has 1 N–H and O–H groups in total. The molecule has 2 heterocycles. The average molecular weight is 347 g/mol. The minimum Gasteiger partial charge on any atom is -0.494 e. The largest absolute Gasteiger partial charge is 0.494 e. The number of benzene rings is 1. The number of hydrogen-bond acceptors (Lipinski definition) is 4. The third-order valence-corrected chi connectivity index (χ3v) is 3.59. The molecular formula is C15H15BrN4O. The molecule has 0 bridgehead atoms. The summed E-state index contributed by atoms with van der Waals surface area (Å²) in [6, 6.07) is 11.9. The second-order valence-corrected chi connectivity index (χ2v) is 5.35. The number of anilines is 1. The maximum absolute atomic E-state index is 5.49. The van der Waals surface area contributed by atoms with Crippen molar-refractivity contribution in [3.05, 3.63) is 52.6 Å². The smallest absolute Gasteiger partial charge is 0.243 e. The quantitative estimate of drug-likeness (QED) is 0.768. The van der Waals surface area contributed by atoms with Crippen molar-refractivity contribution in [3.63, 3.8) is 0 Å². The van der Waals surface area contributed by atoms with E-state index in [1.165, 1.54) is 0 Å². The zero-order chi connectivity index (χ0) is 14.7. The fraction of sp³-hybridized carbons (Fsp3) is 0.200. The van der Waals surface area contributed by atoms with Gasteiger partial charge in [-0.2, -0.15) is 4.98 Å². The predicted octanol–water partition coefficient (Wildman–Crippen LogP) is 3.50. The number of nitrogens with zero attached hydrogens (tertiary/aromatic N) is 3. The Bertz CT molecular complexity index is 756. The molecule has 0 unspecified atom stereocenters. The van der Waals surface area contributed by atoms with Crippen LogP contribution >= 0.6 is 15.9 Å². The zero-order valence-electron chi connectivity index (χ0n) is 11.6. The predicted molar refractivity (Wildman–Crippen MR) is 85.6 cm³/mol. The lowest BCUT2D eigenvalue weighted by Crippen LogP contribution is -2.02. The molecule has 0 saturated carbocycles. The number of aromatic nitrogens is 3. The van der Waals surface area contributed by atoms with Crippen LogP contribution in [0.1, 0.15) is 12.5 Å². The van der Waals surface area contributed by atoms with E-state index in [4.69, 9.17) is 4.74 Å². The summed E-state index contributed by atoms with van der Waals surface area (Å²) in [4.78, 5) is 4.45. The zero-order valence-corrected chi connectivity index (χ0v) is 13.2. The Kier molecular flexibility index (Phi) is 4.06. The molecule has 3 rings (SSSR count). The normalized spacial score (nSPS) is 10.8. The highest BCUT2D eigenvalue weighted by Gasteiger charge is 2.06. The highest BCUT2D eigenvalue weighted by atomic mass is 79.9. The van der Waals surface area contributed by atoms with Crippen LogP contribution in [0.3, 0.4) is 0 Å². The van der Waals surface area contributed by atoms with E-state index in [0.29, 0.717) is 19.1 Å². The van der Waals surface area contributed by atoms with Crippen LogP contribution in [0, 0.1) is 0 Å².